The van der Waals surface area contributed by atoms with E-state index < -0.39 is 0 Å². The Labute approximate surface area is 79.7 Å². The lowest BCUT2D eigenvalue weighted by molar-refractivity contribution is 0.301. The molecule has 1 aromatic rings. The smallest absolute Gasteiger partial charge is 0.122 e. The van der Waals surface area contributed by atoms with Crippen molar-refractivity contribution in [1.82, 2.24) is 0 Å². The van der Waals surface area contributed by atoms with E-state index in [0.717, 1.165) is 12.2 Å². The van der Waals surface area contributed by atoms with E-state index >= 15 is 0 Å². The highest BCUT2D eigenvalue weighted by Crippen LogP contribution is 2.30. The normalized spacial score (nSPS) is 15.8. The Kier molecular flexibility index (Phi) is 2.26. The second-order valence-electron chi connectivity index (χ2n) is 3.71. The minimum absolute atomic E-state index is 0.505. The Morgan fingerprint density at radius 3 is 2.77 bits per heavy atom. The molecule has 0 aliphatic heterocycles. The molecule has 1 heteroatoms. The van der Waals surface area contributed by atoms with Gasteiger partial charge in [0.05, 0.1) is 6.10 Å². The van der Waals surface area contributed by atoms with Crippen LogP contribution in [0.1, 0.15) is 30.9 Å². The maximum atomic E-state index is 5.80. The van der Waals surface area contributed by atoms with Crippen LogP contribution in [0.5, 0.6) is 5.75 Å². The van der Waals surface area contributed by atoms with Gasteiger partial charge >= 0.3 is 0 Å². The zero-order valence-corrected chi connectivity index (χ0v) is 8.34. The van der Waals surface area contributed by atoms with Gasteiger partial charge in [0.25, 0.3) is 0 Å². The van der Waals surface area contributed by atoms with Crippen molar-refractivity contribution in [3.63, 3.8) is 0 Å². The first-order chi connectivity index (χ1) is 6.31. The van der Waals surface area contributed by atoms with Crippen LogP contribution in [0.25, 0.3) is 0 Å². The summed E-state index contributed by atoms with van der Waals surface area (Å²) in [5.74, 6) is 1.09. The first kappa shape index (κ1) is 8.61. The second kappa shape index (κ2) is 3.41. The van der Waals surface area contributed by atoms with E-state index in [1.807, 2.05) is 0 Å². The highest BCUT2D eigenvalue weighted by molar-refractivity contribution is 5.39. The van der Waals surface area contributed by atoms with Gasteiger partial charge in [-0.3, -0.25) is 0 Å². The third-order valence-electron chi connectivity index (χ3n) is 2.60. The van der Waals surface area contributed by atoms with E-state index in [4.69, 9.17) is 4.74 Å². The van der Waals surface area contributed by atoms with E-state index in [1.54, 1.807) is 0 Å². The van der Waals surface area contributed by atoms with Gasteiger partial charge in [-0.1, -0.05) is 19.1 Å². The van der Waals surface area contributed by atoms with Crippen molar-refractivity contribution in [2.75, 3.05) is 0 Å². The molecule has 0 heterocycles. The Morgan fingerprint density at radius 2 is 2.15 bits per heavy atom. The fourth-order valence-electron chi connectivity index (χ4n) is 1.54. The number of ether oxygens (including phenoxy) is 1. The molecule has 0 saturated heterocycles. The molecule has 0 amide bonds. The van der Waals surface area contributed by atoms with Crippen molar-refractivity contribution in [2.45, 2.75) is 39.2 Å². The van der Waals surface area contributed by atoms with Gasteiger partial charge in [0, 0.05) is 0 Å². The lowest BCUT2D eigenvalue weighted by Crippen LogP contribution is -1.99. The standard InChI is InChI=1S/C12H16O/c1-3-10-5-4-6-12(9(10)2)13-11-7-8-11/h4-6,11H,3,7-8H2,1-2H3. The third kappa shape index (κ3) is 1.85. The number of benzene rings is 1. The summed E-state index contributed by atoms with van der Waals surface area (Å²) >= 11 is 0. The van der Waals surface area contributed by atoms with E-state index in [9.17, 15) is 0 Å². The van der Waals surface area contributed by atoms with Gasteiger partial charge < -0.3 is 4.74 Å². The lowest BCUT2D eigenvalue weighted by Gasteiger charge is -2.10. The molecule has 1 aromatic carbocycles. The lowest BCUT2D eigenvalue weighted by atomic mass is 10.1. The molecule has 70 valence electrons. The maximum Gasteiger partial charge on any atom is 0.122 e. The molecule has 1 saturated carbocycles. The number of rotatable bonds is 3. The fraction of sp³-hybridized carbons (Fsp3) is 0.500. The first-order valence-electron chi connectivity index (χ1n) is 5.06. The fourth-order valence-corrected chi connectivity index (χ4v) is 1.54. The van der Waals surface area contributed by atoms with Gasteiger partial charge in [0.1, 0.15) is 5.75 Å². The zero-order chi connectivity index (χ0) is 9.26. The average Bonchev–Trinajstić information content (AvgIpc) is 2.92. The highest BCUT2D eigenvalue weighted by atomic mass is 16.5. The summed E-state index contributed by atoms with van der Waals surface area (Å²) in [5, 5.41) is 0. The Bertz CT molecular complexity index is 300. The summed E-state index contributed by atoms with van der Waals surface area (Å²) in [6.07, 6.45) is 4.06. The molecule has 1 aliphatic carbocycles. The Balaban J connectivity index is 2.22. The predicted octanol–water partition coefficient (Wildman–Crippen LogP) is 3.10. The van der Waals surface area contributed by atoms with Crippen LogP contribution in [-0.2, 0) is 6.42 Å². The van der Waals surface area contributed by atoms with Crippen LogP contribution < -0.4 is 4.74 Å². The summed E-state index contributed by atoms with van der Waals surface area (Å²) in [6.45, 7) is 4.33. The van der Waals surface area contributed by atoms with Crippen molar-refractivity contribution >= 4 is 0 Å². The van der Waals surface area contributed by atoms with Crippen molar-refractivity contribution < 1.29 is 4.74 Å². The van der Waals surface area contributed by atoms with Crippen LogP contribution in [-0.4, -0.2) is 6.10 Å². The minimum Gasteiger partial charge on any atom is -0.490 e. The van der Waals surface area contributed by atoms with Gasteiger partial charge in [-0.15, -0.1) is 0 Å². The molecule has 2 rings (SSSR count). The van der Waals surface area contributed by atoms with Crippen molar-refractivity contribution in [3.8, 4) is 5.75 Å². The van der Waals surface area contributed by atoms with Crippen molar-refractivity contribution in [2.24, 2.45) is 0 Å². The van der Waals surface area contributed by atoms with Gasteiger partial charge in [0.15, 0.2) is 0 Å². The molecular formula is C12H16O. The predicted molar refractivity (Wildman–Crippen MR) is 54.2 cm³/mol. The van der Waals surface area contributed by atoms with Crippen LogP contribution in [0, 0.1) is 6.92 Å². The van der Waals surface area contributed by atoms with Gasteiger partial charge in [-0.25, -0.2) is 0 Å². The van der Waals surface area contributed by atoms with Gasteiger partial charge in [-0.2, -0.15) is 0 Å². The second-order valence-corrected chi connectivity index (χ2v) is 3.71. The van der Waals surface area contributed by atoms with Crippen molar-refractivity contribution in [1.29, 1.82) is 0 Å². The molecule has 0 unspecified atom stereocenters. The van der Waals surface area contributed by atoms with E-state index in [1.165, 1.54) is 24.0 Å². The molecule has 0 aromatic heterocycles. The summed E-state index contributed by atoms with van der Waals surface area (Å²) in [5.41, 5.74) is 2.72. The van der Waals surface area contributed by atoms with E-state index in [-0.39, 0.29) is 0 Å². The molecule has 1 fully saturated rings. The molecule has 1 aliphatic rings. The minimum atomic E-state index is 0.505. The maximum absolute atomic E-state index is 5.80. The number of hydrogen-bond donors (Lipinski definition) is 0. The summed E-state index contributed by atoms with van der Waals surface area (Å²) in [7, 11) is 0. The number of aryl methyl sites for hydroxylation is 1. The average molecular weight is 176 g/mol. The highest BCUT2D eigenvalue weighted by Gasteiger charge is 2.24. The summed E-state index contributed by atoms with van der Waals surface area (Å²) in [6, 6.07) is 6.34. The van der Waals surface area contributed by atoms with Gasteiger partial charge in [0.2, 0.25) is 0 Å². The molecule has 13 heavy (non-hydrogen) atoms. The SMILES string of the molecule is CCc1cccc(OC2CC2)c1C. The van der Waals surface area contributed by atoms with Gasteiger partial charge in [-0.05, 0) is 43.4 Å². The largest absolute Gasteiger partial charge is 0.490 e. The van der Waals surface area contributed by atoms with Crippen LogP contribution in [0.15, 0.2) is 18.2 Å². The van der Waals surface area contributed by atoms with E-state index in [2.05, 4.69) is 32.0 Å². The van der Waals surface area contributed by atoms with Crippen LogP contribution in [0.3, 0.4) is 0 Å². The van der Waals surface area contributed by atoms with Crippen molar-refractivity contribution in [3.05, 3.63) is 29.3 Å². The molecule has 0 spiro atoms. The Morgan fingerprint density at radius 1 is 1.38 bits per heavy atom. The zero-order valence-electron chi connectivity index (χ0n) is 8.34. The molecular weight excluding hydrogens is 160 g/mol. The monoisotopic (exact) mass is 176 g/mol. The van der Waals surface area contributed by atoms with Crippen LogP contribution in [0.4, 0.5) is 0 Å². The van der Waals surface area contributed by atoms with Crippen LogP contribution >= 0.6 is 0 Å². The molecule has 1 nitrogen and oxygen atoms in total. The topological polar surface area (TPSA) is 9.23 Å². The third-order valence-corrected chi connectivity index (χ3v) is 2.60. The van der Waals surface area contributed by atoms with E-state index in [0.29, 0.717) is 6.10 Å². The molecule has 0 radical (unpaired) electrons. The molecule has 0 N–H and O–H groups in total. The first-order valence-corrected chi connectivity index (χ1v) is 5.06. The summed E-state index contributed by atoms with van der Waals surface area (Å²) in [4.78, 5) is 0. The molecule has 0 bridgehead atoms. The van der Waals surface area contributed by atoms with Crippen LogP contribution in [0.2, 0.25) is 0 Å². The summed E-state index contributed by atoms with van der Waals surface area (Å²) < 4.78 is 5.80. The Hall–Kier alpha value is -0.980. The molecule has 0 atom stereocenters. The quantitative estimate of drug-likeness (QED) is 0.687. The number of hydrogen-bond acceptors (Lipinski definition) is 1.